The molecule has 0 aliphatic rings. The first-order chi connectivity index (χ1) is 16.3. The Balaban J connectivity index is 1.81. The summed E-state index contributed by atoms with van der Waals surface area (Å²) >= 11 is 0. The standard InChI is InChI=1S/C27H22FN3O2S/c1-17-9-11-22(12-10-17)34(32,33)31-16-25(23-8-3-5-18(2)26(23)28)24-14-20(15-30-27(24)31)19-6-4-7-21(29)13-19/h3-16H,29H2,1-2H3. The van der Waals surface area contributed by atoms with Crippen LogP contribution in [0.1, 0.15) is 11.1 Å². The van der Waals surface area contributed by atoms with Crippen LogP contribution in [-0.4, -0.2) is 17.4 Å². The lowest BCUT2D eigenvalue weighted by molar-refractivity contribution is 0.588. The van der Waals surface area contributed by atoms with Gasteiger partial charge in [-0.3, -0.25) is 0 Å². The Hall–Kier alpha value is -3.97. The van der Waals surface area contributed by atoms with Crippen LogP contribution in [0.5, 0.6) is 0 Å². The molecule has 2 N–H and O–H groups in total. The van der Waals surface area contributed by atoms with Crippen molar-refractivity contribution in [3.8, 4) is 22.3 Å². The van der Waals surface area contributed by atoms with Crippen molar-refractivity contribution in [1.82, 2.24) is 8.96 Å². The first-order valence-corrected chi connectivity index (χ1v) is 12.1. The second-order valence-electron chi connectivity index (χ2n) is 8.31. The summed E-state index contributed by atoms with van der Waals surface area (Å²) in [6.45, 7) is 3.57. The number of hydrogen-bond acceptors (Lipinski definition) is 4. The number of benzene rings is 3. The third kappa shape index (κ3) is 3.64. The highest BCUT2D eigenvalue weighted by Gasteiger charge is 2.24. The van der Waals surface area contributed by atoms with Crippen molar-refractivity contribution in [2.75, 3.05) is 5.73 Å². The zero-order valence-corrected chi connectivity index (χ0v) is 19.5. The molecule has 7 heteroatoms. The van der Waals surface area contributed by atoms with E-state index in [1.54, 1.807) is 61.7 Å². The van der Waals surface area contributed by atoms with Gasteiger partial charge >= 0.3 is 0 Å². The summed E-state index contributed by atoms with van der Waals surface area (Å²) in [5.74, 6) is -0.399. The fourth-order valence-electron chi connectivity index (χ4n) is 4.03. The summed E-state index contributed by atoms with van der Waals surface area (Å²) in [4.78, 5) is 4.65. The zero-order chi connectivity index (χ0) is 24.0. The van der Waals surface area contributed by atoms with E-state index >= 15 is 4.39 Å². The highest BCUT2D eigenvalue weighted by molar-refractivity contribution is 7.90. The number of halogens is 1. The Labute approximate surface area is 197 Å². The molecule has 0 unspecified atom stereocenters. The highest BCUT2D eigenvalue weighted by atomic mass is 32.2. The number of rotatable bonds is 4. The molecule has 2 aromatic heterocycles. The van der Waals surface area contributed by atoms with Crippen LogP contribution in [0.4, 0.5) is 10.1 Å². The van der Waals surface area contributed by atoms with Gasteiger partial charge in [-0.05, 0) is 55.3 Å². The van der Waals surface area contributed by atoms with Crippen LogP contribution in [0.15, 0.2) is 90.1 Å². The molecule has 0 aliphatic carbocycles. The summed E-state index contributed by atoms with van der Waals surface area (Å²) in [6, 6.07) is 20.8. The molecule has 0 fully saturated rings. The van der Waals surface area contributed by atoms with Crippen LogP contribution >= 0.6 is 0 Å². The summed E-state index contributed by atoms with van der Waals surface area (Å²) in [6.07, 6.45) is 3.06. The molecule has 0 bridgehead atoms. The molecule has 0 atom stereocenters. The molecule has 0 amide bonds. The summed E-state index contributed by atoms with van der Waals surface area (Å²) in [7, 11) is -3.96. The molecule has 3 aromatic carbocycles. The molecule has 2 heterocycles. The monoisotopic (exact) mass is 471 g/mol. The molecule has 5 aromatic rings. The molecule has 5 rings (SSSR count). The van der Waals surface area contributed by atoms with Gasteiger partial charge in [-0.15, -0.1) is 0 Å². The molecule has 0 radical (unpaired) electrons. The number of nitrogens with two attached hydrogens (primary N) is 1. The van der Waals surface area contributed by atoms with Gasteiger partial charge < -0.3 is 5.73 Å². The van der Waals surface area contributed by atoms with Crippen LogP contribution in [0.2, 0.25) is 0 Å². The van der Waals surface area contributed by atoms with E-state index in [-0.39, 0.29) is 10.5 Å². The minimum atomic E-state index is -3.96. The second kappa shape index (κ2) is 8.11. The van der Waals surface area contributed by atoms with Crippen molar-refractivity contribution in [3.63, 3.8) is 0 Å². The van der Waals surface area contributed by atoms with Gasteiger partial charge in [0, 0.05) is 40.2 Å². The molecule has 0 aliphatic heterocycles. The summed E-state index contributed by atoms with van der Waals surface area (Å²) in [5.41, 5.74) is 10.5. The predicted molar refractivity (Wildman–Crippen MR) is 133 cm³/mol. The Morgan fingerprint density at radius 3 is 2.35 bits per heavy atom. The number of aryl methyl sites for hydroxylation is 2. The minimum absolute atomic E-state index is 0.132. The van der Waals surface area contributed by atoms with E-state index in [2.05, 4.69) is 4.98 Å². The van der Waals surface area contributed by atoms with E-state index in [0.29, 0.717) is 27.8 Å². The van der Waals surface area contributed by atoms with E-state index < -0.39 is 15.8 Å². The SMILES string of the molecule is Cc1ccc(S(=O)(=O)n2cc(-c3cccc(C)c3F)c3cc(-c4cccc(N)c4)cnc32)cc1. The van der Waals surface area contributed by atoms with Gasteiger partial charge in [0.05, 0.1) is 4.90 Å². The van der Waals surface area contributed by atoms with Crippen molar-refractivity contribution < 1.29 is 12.8 Å². The van der Waals surface area contributed by atoms with Crippen LogP contribution in [0, 0.1) is 19.7 Å². The van der Waals surface area contributed by atoms with Gasteiger partial charge in [-0.2, -0.15) is 0 Å². The van der Waals surface area contributed by atoms with Crippen molar-refractivity contribution in [1.29, 1.82) is 0 Å². The maximum atomic E-state index is 15.2. The third-order valence-corrected chi connectivity index (χ3v) is 7.56. The van der Waals surface area contributed by atoms with Gasteiger partial charge in [0.2, 0.25) is 0 Å². The lowest BCUT2D eigenvalue weighted by Gasteiger charge is -2.08. The fraction of sp³-hybridized carbons (Fsp3) is 0.0741. The molecule has 0 saturated carbocycles. The van der Waals surface area contributed by atoms with E-state index in [1.807, 2.05) is 31.2 Å². The molecule has 34 heavy (non-hydrogen) atoms. The largest absolute Gasteiger partial charge is 0.399 e. The zero-order valence-electron chi connectivity index (χ0n) is 18.7. The van der Waals surface area contributed by atoms with Crippen LogP contribution in [-0.2, 0) is 10.0 Å². The Morgan fingerprint density at radius 1 is 0.882 bits per heavy atom. The fourth-order valence-corrected chi connectivity index (χ4v) is 5.36. The van der Waals surface area contributed by atoms with Crippen molar-refractivity contribution in [2.45, 2.75) is 18.7 Å². The average molecular weight is 472 g/mol. The summed E-state index contributed by atoms with van der Waals surface area (Å²) < 4.78 is 43.4. The van der Waals surface area contributed by atoms with Gasteiger partial charge in [-0.1, -0.05) is 48.0 Å². The first kappa shape index (κ1) is 21.9. The van der Waals surface area contributed by atoms with Crippen molar-refractivity contribution in [2.24, 2.45) is 0 Å². The van der Waals surface area contributed by atoms with Gasteiger partial charge in [-0.25, -0.2) is 21.8 Å². The van der Waals surface area contributed by atoms with Crippen LogP contribution in [0.3, 0.4) is 0 Å². The van der Waals surface area contributed by atoms with E-state index in [4.69, 9.17) is 5.73 Å². The Morgan fingerprint density at radius 2 is 1.62 bits per heavy atom. The maximum absolute atomic E-state index is 15.2. The number of nitrogen functional groups attached to an aromatic ring is 1. The molecular weight excluding hydrogens is 449 g/mol. The number of fused-ring (bicyclic) bond motifs is 1. The quantitative estimate of drug-likeness (QED) is 0.329. The van der Waals surface area contributed by atoms with E-state index in [9.17, 15) is 8.42 Å². The Kier molecular flexibility index (Phi) is 5.21. The number of nitrogens with zero attached hydrogens (tertiary/aromatic N) is 2. The van der Waals surface area contributed by atoms with E-state index in [1.165, 1.54) is 6.20 Å². The number of aromatic nitrogens is 2. The summed E-state index contributed by atoms with van der Waals surface area (Å²) in [5, 5.41) is 0.528. The van der Waals surface area contributed by atoms with Crippen molar-refractivity contribution >= 4 is 26.7 Å². The van der Waals surface area contributed by atoms with Crippen LogP contribution in [0.25, 0.3) is 33.3 Å². The number of pyridine rings is 1. The Bertz CT molecular complexity index is 1660. The average Bonchev–Trinajstić information content (AvgIpc) is 3.21. The van der Waals surface area contributed by atoms with Gasteiger partial charge in [0.25, 0.3) is 10.0 Å². The van der Waals surface area contributed by atoms with Crippen molar-refractivity contribution in [3.05, 3.63) is 102 Å². The minimum Gasteiger partial charge on any atom is -0.399 e. The molecule has 0 saturated heterocycles. The molecule has 0 spiro atoms. The smallest absolute Gasteiger partial charge is 0.269 e. The first-order valence-electron chi connectivity index (χ1n) is 10.7. The lowest BCUT2D eigenvalue weighted by Crippen LogP contribution is -2.12. The molecular formula is C27H22FN3O2S. The number of anilines is 1. The molecule has 170 valence electrons. The van der Waals surface area contributed by atoms with Crippen LogP contribution < -0.4 is 5.73 Å². The third-order valence-electron chi connectivity index (χ3n) is 5.89. The van der Waals surface area contributed by atoms with Gasteiger partial charge in [0.1, 0.15) is 5.82 Å². The molecule has 5 nitrogen and oxygen atoms in total. The maximum Gasteiger partial charge on any atom is 0.269 e. The highest BCUT2D eigenvalue weighted by Crippen LogP contribution is 2.36. The number of hydrogen-bond donors (Lipinski definition) is 1. The normalized spacial score (nSPS) is 11.7. The second-order valence-corrected chi connectivity index (χ2v) is 10.1. The predicted octanol–water partition coefficient (Wildman–Crippen LogP) is 5.95. The lowest BCUT2D eigenvalue weighted by atomic mass is 10.0. The topological polar surface area (TPSA) is 78.0 Å². The van der Waals surface area contributed by atoms with E-state index in [0.717, 1.165) is 20.7 Å². The van der Waals surface area contributed by atoms with Gasteiger partial charge in [0.15, 0.2) is 5.65 Å².